The summed E-state index contributed by atoms with van der Waals surface area (Å²) < 4.78 is 5.42. The van der Waals surface area contributed by atoms with Crippen LogP contribution in [0.1, 0.15) is 12.8 Å². The smallest absolute Gasteiger partial charge is 0.152 e. The van der Waals surface area contributed by atoms with Gasteiger partial charge in [-0.3, -0.25) is 0 Å². The molecule has 0 spiro atoms. The molecule has 0 atom stereocenters. The van der Waals surface area contributed by atoms with E-state index in [1.807, 2.05) is 12.3 Å². The minimum atomic E-state index is 0.513. The second-order valence-corrected chi connectivity index (χ2v) is 5.70. The Labute approximate surface area is 120 Å². The predicted molar refractivity (Wildman–Crippen MR) is 81.4 cm³/mol. The maximum atomic E-state index is 5.42. The molecule has 0 saturated carbocycles. The molecule has 0 aromatic carbocycles. The zero-order valence-electron chi connectivity index (χ0n) is 12.2. The van der Waals surface area contributed by atoms with Crippen molar-refractivity contribution in [2.45, 2.75) is 18.9 Å². The van der Waals surface area contributed by atoms with Gasteiger partial charge in [0, 0.05) is 51.6 Å². The van der Waals surface area contributed by atoms with E-state index in [-0.39, 0.29) is 0 Å². The zero-order valence-corrected chi connectivity index (χ0v) is 12.2. The van der Waals surface area contributed by atoms with Crippen molar-refractivity contribution in [3.05, 3.63) is 18.3 Å². The van der Waals surface area contributed by atoms with Gasteiger partial charge in [0.2, 0.25) is 0 Å². The van der Waals surface area contributed by atoms with Crippen LogP contribution in [0.5, 0.6) is 0 Å². The molecular formula is C15H24N4O. The lowest BCUT2D eigenvalue weighted by Gasteiger charge is -2.35. The van der Waals surface area contributed by atoms with Gasteiger partial charge in [0.1, 0.15) is 0 Å². The van der Waals surface area contributed by atoms with Crippen molar-refractivity contribution in [2.24, 2.45) is 0 Å². The molecule has 1 N–H and O–H groups in total. The Hall–Kier alpha value is -1.33. The van der Waals surface area contributed by atoms with Crippen molar-refractivity contribution in [3.8, 4) is 0 Å². The fraction of sp³-hybridized carbons (Fsp3) is 0.667. The van der Waals surface area contributed by atoms with Gasteiger partial charge < -0.3 is 19.9 Å². The van der Waals surface area contributed by atoms with Crippen LogP contribution in [0, 0.1) is 0 Å². The maximum absolute atomic E-state index is 5.42. The van der Waals surface area contributed by atoms with E-state index >= 15 is 0 Å². The van der Waals surface area contributed by atoms with E-state index in [9.17, 15) is 0 Å². The quantitative estimate of drug-likeness (QED) is 0.904. The number of likely N-dealkylation sites (N-methyl/N-ethyl adjacent to an activating group) is 1. The van der Waals surface area contributed by atoms with Gasteiger partial charge in [0.15, 0.2) is 5.82 Å². The number of nitrogens with one attached hydrogen (secondary N) is 1. The summed E-state index contributed by atoms with van der Waals surface area (Å²) in [6.45, 7) is 6.04. The van der Waals surface area contributed by atoms with Crippen molar-refractivity contribution < 1.29 is 4.74 Å². The summed E-state index contributed by atoms with van der Waals surface area (Å²) in [5.74, 6) is 1.10. The minimum Gasteiger partial charge on any atom is -0.381 e. The van der Waals surface area contributed by atoms with Gasteiger partial charge in [0.05, 0.1) is 5.69 Å². The van der Waals surface area contributed by atoms with Crippen LogP contribution in [0.2, 0.25) is 0 Å². The summed E-state index contributed by atoms with van der Waals surface area (Å²) in [6.07, 6.45) is 4.05. The number of ether oxygens (including phenoxy) is 1. The van der Waals surface area contributed by atoms with Crippen molar-refractivity contribution in [2.75, 3.05) is 56.7 Å². The van der Waals surface area contributed by atoms with Gasteiger partial charge in [-0.15, -0.1) is 0 Å². The number of hydrogen-bond acceptors (Lipinski definition) is 5. The van der Waals surface area contributed by atoms with Crippen molar-refractivity contribution in [3.63, 3.8) is 0 Å². The second-order valence-electron chi connectivity index (χ2n) is 5.70. The average molecular weight is 276 g/mol. The van der Waals surface area contributed by atoms with Gasteiger partial charge in [-0.2, -0.15) is 0 Å². The lowest BCUT2D eigenvalue weighted by atomic mass is 10.1. The highest BCUT2D eigenvalue weighted by Crippen LogP contribution is 2.26. The van der Waals surface area contributed by atoms with Crippen LogP contribution in [0.4, 0.5) is 11.5 Å². The molecule has 5 heteroatoms. The van der Waals surface area contributed by atoms with Crippen molar-refractivity contribution in [1.29, 1.82) is 0 Å². The number of hydrogen-bond donors (Lipinski definition) is 1. The fourth-order valence-electron chi connectivity index (χ4n) is 2.84. The van der Waals surface area contributed by atoms with E-state index in [4.69, 9.17) is 4.74 Å². The van der Waals surface area contributed by atoms with Crippen LogP contribution < -0.4 is 10.2 Å². The molecule has 0 radical (unpaired) electrons. The molecule has 20 heavy (non-hydrogen) atoms. The van der Waals surface area contributed by atoms with Crippen LogP contribution in [0.25, 0.3) is 0 Å². The summed E-state index contributed by atoms with van der Waals surface area (Å²) >= 11 is 0. The van der Waals surface area contributed by atoms with E-state index in [2.05, 4.69) is 33.2 Å². The molecule has 0 unspecified atom stereocenters. The number of anilines is 2. The number of pyridine rings is 1. The van der Waals surface area contributed by atoms with Gasteiger partial charge >= 0.3 is 0 Å². The first-order valence-corrected chi connectivity index (χ1v) is 7.56. The molecule has 1 aromatic rings. The Morgan fingerprint density at radius 2 is 1.95 bits per heavy atom. The molecule has 0 aliphatic carbocycles. The van der Waals surface area contributed by atoms with E-state index < -0.39 is 0 Å². The first kappa shape index (κ1) is 13.6. The summed E-state index contributed by atoms with van der Waals surface area (Å²) in [5, 5.41) is 3.66. The lowest BCUT2D eigenvalue weighted by Crippen LogP contribution is -2.45. The molecule has 0 bridgehead atoms. The molecule has 5 nitrogen and oxygen atoms in total. The monoisotopic (exact) mass is 276 g/mol. The van der Waals surface area contributed by atoms with E-state index in [0.29, 0.717) is 6.04 Å². The summed E-state index contributed by atoms with van der Waals surface area (Å²) in [4.78, 5) is 9.36. The maximum Gasteiger partial charge on any atom is 0.152 e. The highest BCUT2D eigenvalue weighted by atomic mass is 16.5. The second kappa shape index (κ2) is 6.41. The summed E-state index contributed by atoms with van der Waals surface area (Å²) in [6, 6.07) is 4.68. The topological polar surface area (TPSA) is 40.6 Å². The Balaban J connectivity index is 1.70. The molecule has 2 aliphatic heterocycles. The molecule has 110 valence electrons. The minimum absolute atomic E-state index is 0.513. The largest absolute Gasteiger partial charge is 0.381 e. The first-order chi connectivity index (χ1) is 9.83. The van der Waals surface area contributed by atoms with Gasteiger partial charge in [-0.05, 0) is 32.0 Å². The zero-order chi connectivity index (χ0) is 13.8. The highest BCUT2D eigenvalue weighted by Gasteiger charge is 2.20. The molecule has 2 saturated heterocycles. The molecule has 0 amide bonds. The van der Waals surface area contributed by atoms with Crippen LogP contribution in [-0.2, 0) is 4.74 Å². The summed E-state index contributed by atoms with van der Waals surface area (Å²) in [5.41, 5.74) is 1.17. The third kappa shape index (κ3) is 3.22. The molecule has 2 aliphatic rings. The van der Waals surface area contributed by atoms with Gasteiger partial charge in [0.25, 0.3) is 0 Å². The van der Waals surface area contributed by atoms with Crippen LogP contribution in [0.3, 0.4) is 0 Å². The number of aromatic nitrogens is 1. The fourth-order valence-corrected chi connectivity index (χ4v) is 2.84. The van der Waals surface area contributed by atoms with E-state index in [1.54, 1.807) is 0 Å². The first-order valence-electron chi connectivity index (χ1n) is 7.56. The molecule has 2 fully saturated rings. The number of nitrogens with zero attached hydrogens (tertiary/aromatic N) is 3. The van der Waals surface area contributed by atoms with Crippen molar-refractivity contribution >= 4 is 11.5 Å². The highest BCUT2D eigenvalue weighted by molar-refractivity contribution is 5.66. The van der Waals surface area contributed by atoms with Crippen LogP contribution >= 0.6 is 0 Å². The van der Waals surface area contributed by atoms with Gasteiger partial charge in [-0.1, -0.05) is 0 Å². The predicted octanol–water partition coefficient (Wildman–Crippen LogP) is 1.42. The average Bonchev–Trinajstić information content (AvgIpc) is 2.50. The third-order valence-corrected chi connectivity index (χ3v) is 4.17. The number of piperazine rings is 1. The Bertz CT molecular complexity index is 426. The van der Waals surface area contributed by atoms with E-state index in [0.717, 1.165) is 58.1 Å². The Morgan fingerprint density at radius 3 is 2.70 bits per heavy atom. The van der Waals surface area contributed by atoms with Gasteiger partial charge in [-0.25, -0.2) is 4.98 Å². The lowest BCUT2D eigenvalue weighted by molar-refractivity contribution is 0.0904. The molecule has 3 heterocycles. The molecule has 3 rings (SSSR count). The third-order valence-electron chi connectivity index (χ3n) is 4.17. The van der Waals surface area contributed by atoms with E-state index in [1.165, 1.54) is 5.69 Å². The Morgan fingerprint density at radius 1 is 1.20 bits per heavy atom. The normalized spacial score (nSPS) is 21.9. The molecular weight excluding hydrogens is 252 g/mol. The SMILES string of the molecule is CN1CCN(c2ncccc2NC2CCOCC2)CC1. The Kier molecular flexibility index (Phi) is 4.38. The number of rotatable bonds is 3. The van der Waals surface area contributed by atoms with Crippen LogP contribution in [-0.4, -0.2) is 62.4 Å². The summed E-state index contributed by atoms with van der Waals surface area (Å²) in [7, 11) is 2.18. The standard InChI is InChI=1S/C15H24N4O/c1-18-7-9-19(10-8-18)15-14(3-2-6-16-15)17-13-4-11-20-12-5-13/h2-3,6,13,17H,4-5,7-12H2,1H3. The van der Waals surface area contributed by atoms with Crippen LogP contribution in [0.15, 0.2) is 18.3 Å². The molecule has 1 aromatic heterocycles. The van der Waals surface area contributed by atoms with Crippen molar-refractivity contribution in [1.82, 2.24) is 9.88 Å².